The maximum absolute atomic E-state index is 14.4. The Balaban J connectivity index is 1.50. The number of allylic oxidation sites excluding steroid dienone is 1. The fourth-order valence-electron chi connectivity index (χ4n) is 4.26. The topological polar surface area (TPSA) is 139 Å². The van der Waals surface area contributed by atoms with Crippen LogP contribution in [0.5, 0.6) is 5.75 Å². The minimum atomic E-state index is -1.27. The molecule has 0 bridgehead atoms. The molecule has 0 aliphatic rings. The van der Waals surface area contributed by atoms with Gasteiger partial charge in [0.2, 0.25) is 5.91 Å². The molecule has 0 fully saturated rings. The van der Waals surface area contributed by atoms with E-state index in [1.165, 1.54) is 60.1 Å². The number of likely N-dealkylation sites (N-methyl/N-ethyl adjacent to an activating group) is 1. The number of fused-ring (bicyclic) bond motifs is 1. The van der Waals surface area contributed by atoms with E-state index in [4.69, 9.17) is 9.47 Å². The molecule has 2 aromatic carbocycles. The number of benzene rings is 2. The number of aromatic nitrogens is 3. The van der Waals surface area contributed by atoms with E-state index in [2.05, 4.69) is 15.3 Å². The fourth-order valence-corrected chi connectivity index (χ4v) is 4.26. The Morgan fingerprint density at radius 2 is 1.81 bits per heavy atom. The second-order valence-electron chi connectivity index (χ2n) is 10.8. The first-order chi connectivity index (χ1) is 22.3. The van der Waals surface area contributed by atoms with Gasteiger partial charge >= 0.3 is 6.09 Å². The van der Waals surface area contributed by atoms with Gasteiger partial charge in [-0.1, -0.05) is 6.08 Å². The Morgan fingerprint density at radius 1 is 1.04 bits per heavy atom. The number of halogens is 3. The molecule has 2 aromatic heterocycles. The van der Waals surface area contributed by atoms with Gasteiger partial charge < -0.3 is 34.1 Å². The van der Waals surface area contributed by atoms with Gasteiger partial charge in [0.15, 0.2) is 11.9 Å². The van der Waals surface area contributed by atoms with Gasteiger partial charge in [-0.25, -0.2) is 22.9 Å². The third-order valence-corrected chi connectivity index (χ3v) is 6.76. The Kier molecular flexibility index (Phi) is 11.0. The number of hydrogen-bond donors (Lipinski definition) is 2. The minimum absolute atomic E-state index is 0.00109. The monoisotopic (exact) mass is 654 g/mol. The van der Waals surface area contributed by atoms with Crippen LogP contribution in [0.3, 0.4) is 0 Å². The molecule has 3 amide bonds. The molecule has 1 unspecified atom stereocenters. The summed E-state index contributed by atoms with van der Waals surface area (Å²) in [6, 6.07) is 8.16. The van der Waals surface area contributed by atoms with Crippen molar-refractivity contribution in [3.05, 3.63) is 100 Å². The Labute approximate surface area is 267 Å². The molecule has 0 saturated heterocycles. The van der Waals surface area contributed by atoms with E-state index in [1.54, 1.807) is 20.2 Å². The van der Waals surface area contributed by atoms with Gasteiger partial charge in [0.05, 0.1) is 12.1 Å². The van der Waals surface area contributed by atoms with E-state index in [-0.39, 0.29) is 65.8 Å². The second kappa shape index (κ2) is 15.1. The lowest BCUT2D eigenvalue weighted by Gasteiger charge is -2.19. The van der Waals surface area contributed by atoms with Gasteiger partial charge in [0.25, 0.3) is 11.5 Å². The Hall–Kier alpha value is -5.60. The number of anilines is 1. The first-order valence-electron chi connectivity index (χ1n) is 14.3. The van der Waals surface area contributed by atoms with Crippen LogP contribution < -0.4 is 15.6 Å². The van der Waals surface area contributed by atoms with Gasteiger partial charge in [-0.05, 0) is 49.2 Å². The lowest BCUT2D eigenvalue weighted by atomic mass is 10.1. The number of rotatable bonds is 12. The van der Waals surface area contributed by atoms with Crippen molar-refractivity contribution >= 4 is 34.6 Å². The number of nitrogens with zero attached hydrogens (tertiary/aromatic N) is 4. The van der Waals surface area contributed by atoms with Crippen molar-refractivity contribution in [1.82, 2.24) is 24.3 Å². The average molecular weight is 655 g/mol. The van der Waals surface area contributed by atoms with Crippen LogP contribution in [0.4, 0.5) is 23.7 Å². The van der Waals surface area contributed by atoms with Crippen LogP contribution in [0.25, 0.3) is 11.0 Å². The SMILES string of the molecule is CN(C)C(=O)C=CCCC(OC(=O)N(C)C)C(=O)Nc1cccn(Cc2nc3c(OCc4ccc(F)cc4F)cc(F)cc3[nH]2)c1=O. The lowest BCUT2D eigenvalue weighted by Crippen LogP contribution is -2.37. The highest BCUT2D eigenvalue weighted by Crippen LogP contribution is 2.27. The van der Waals surface area contributed by atoms with Crippen LogP contribution in [0.15, 0.2) is 65.6 Å². The fraction of sp³-hybridized carbons (Fsp3) is 0.281. The summed E-state index contributed by atoms with van der Waals surface area (Å²) < 4.78 is 53.9. The third kappa shape index (κ3) is 8.99. The molecule has 15 heteroatoms. The number of carbonyl (C=O) groups is 3. The predicted octanol–water partition coefficient (Wildman–Crippen LogP) is 4.20. The second-order valence-corrected chi connectivity index (χ2v) is 10.8. The summed E-state index contributed by atoms with van der Waals surface area (Å²) in [5, 5.41) is 2.51. The van der Waals surface area contributed by atoms with Gasteiger partial charge in [0.1, 0.15) is 41.1 Å². The third-order valence-electron chi connectivity index (χ3n) is 6.76. The zero-order valence-electron chi connectivity index (χ0n) is 26.1. The quantitative estimate of drug-likeness (QED) is 0.219. The van der Waals surface area contributed by atoms with Crippen molar-refractivity contribution in [3.8, 4) is 5.75 Å². The molecule has 0 aliphatic carbocycles. The van der Waals surface area contributed by atoms with E-state index < -0.39 is 41.1 Å². The van der Waals surface area contributed by atoms with E-state index in [0.717, 1.165) is 17.0 Å². The number of aromatic amines is 1. The maximum atomic E-state index is 14.4. The zero-order valence-corrected chi connectivity index (χ0v) is 26.1. The number of pyridine rings is 1. The number of nitrogens with one attached hydrogen (secondary N) is 2. The van der Waals surface area contributed by atoms with E-state index in [9.17, 15) is 32.3 Å². The van der Waals surface area contributed by atoms with Gasteiger partial charge in [-0.2, -0.15) is 0 Å². The average Bonchev–Trinajstić information content (AvgIpc) is 3.41. The van der Waals surface area contributed by atoms with Crippen molar-refractivity contribution in [2.24, 2.45) is 0 Å². The van der Waals surface area contributed by atoms with Crippen LogP contribution >= 0.6 is 0 Å². The van der Waals surface area contributed by atoms with E-state index in [0.29, 0.717) is 6.07 Å². The number of hydrogen-bond acceptors (Lipinski definition) is 7. The number of amides is 3. The Bertz CT molecular complexity index is 1870. The van der Waals surface area contributed by atoms with E-state index in [1.807, 2.05) is 0 Å². The van der Waals surface area contributed by atoms with Crippen LogP contribution in [0.1, 0.15) is 24.2 Å². The largest absolute Gasteiger partial charge is 0.486 e. The van der Waals surface area contributed by atoms with Crippen molar-refractivity contribution < 1.29 is 37.0 Å². The lowest BCUT2D eigenvalue weighted by molar-refractivity contribution is -0.125. The minimum Gasteiger partial charge on any atom is -0.486 e. The standard InChI is InChI=1S/C32H33F3N6O6/c1-39(2)28(42)10-6-5-9-25(47-32(45)40(3)4)30(43)37-23-8-7-13-41(31(23)44)17-27-36-24-15-21(34)16-26(29(24)38-27)46-18-19-11-12-20(33)14-22(19)35/h6-8,10-16,25H,5,9,17-18H2,1-4H3,(H,36,38)(H,37,43). The molecule has 2 heterocycles. The van der Waals surface area contributed by atoms with Gasteiger partial charge in [-0.3, -0.25) is 14.4 Å². The molecule has 4 rings (SSSR count). The van der Waals surface area contributed by atoms with E-state index >= 15 is 0 Å². The number of H-pyrrole nitrogens is 1. The molecular formula is C32H33F3N6O6. The summed E-state index contributed by atoms with van der Waals surface area (Å²) in [5.41, 5.74) is -0.189. The summed E-state index contributed by atoms with van der Waals surface area (Å²) in [7, 11) is 6.09. The summed E-state index contributed by atoms with van der Waals surface area (Å²) in [4.78, 5) is 60.4. The van der Waals surface area contributed by atoms with Crippen molar-refractivity contribution in [2.75, 3.05) is 33.5 Å². The molecule has 12 nitrogen and oxygen atoms in total. The first kappa shape index (κ1) is 34.3. The zero-order chi connectivity index (χ0) is 34.2. The molecule has 1 atom stereocenters. The maximum Gasteiger partial charge on any atom is 0.410 e. The molecule has 0 radical (unpaired) electrons. The molecule has 47 heavy (non-hydrogen) atoms. The highest BCUT2D eigenvalue weighted by molar-refractivity contribution is 5.95. The molecular weight excluding hydrogens is 621 g/mol. The molecule has 2 N–H and O–H groups in total. The molecule has 0 aliphatic heterocycles. The highest BCUT2D eigenvalue weighted by Gasteiger charge is 2.24. The van der Waals surface area contributed by atoms with Crippen LogP contribution in [0, 0.1) is 17.5 Å². The first-order valence-corrected chi connectivity index (χ1v) is 14.3. The molecule has 248 valence electrons. The molecule has 0 spiro atoms. The van der Waals surface area contributed by atoms with Crippen molar-refractivity contribution in [2.45, 2.75) is 32.1 Å². The van der Waals surface area contributed by atoms with Crippen LogP contribution in [-0.4, -0.2) is 76.5 Å². The summed E-state index contributed by atoms with van der Waals surface area (Å²) >= 11 is 0. The normalized spacial score (nSPS) is 11.8. The number of ether oxygens (including phenoxy) is 2. The van der Waals surface area contributed by atoms with Crippen molar-refractivity contribution in [1.29, 1.82) is 0 Å². The van der Waals surface area contributed by atoms with Crippen LogP contribution in [0.2, 0.25) is 0 Å². The summed E-state index contributed by atoms with van der Waals surface area (Å²) in [6.45, 7) is -0.433. The van der Waals surface area contributed by atoms with Crippen molar-refractivity contribution in [3.63, 3.8) is 0 Å². The highest BCUT2D eigenvalue weighted by atomic mass is 19.1. The smallest absolute Gasteiger partial charge is 0.410 e. The Morgan fingerprint density at radius 3 is 2.51 bits per heavy atom. The number of imidazole rings is 1. The van der Waals surface area contributed by atoms with Gasteiger partial charge in [0, 0.05) is 52.1 Å². The summed E-state index contributed by atoms with van der Waals surface area (Å²) in [6.07, 6.45) is 2.58. The molecule has 0 saturated carbocycles. The number of carbonyl (C=O) groups excluding carboxylic acids is 3. The predicted molar refractivity (Wildman–Crippen MR) is 166 cm³/mol. The van der Waals surface area contributed by atoms with Crippen LogP contribution in [-0.2, 0) is 27.5 Å². The summed E-state index contributed by atoms with van der Waals surface area (Å²) in [5.74, 6) is -2.98. The molecule has 4 aromatic rings. The van der Waals surface area contributed by atoms with Gasteiger partial charge in [-0.15, -0.1) is 0 Å².